The highest BCUT2D eigenvalue weighted by Gasteiger charge is 2.24. The Bertz CT molecular complexity index is 722. The second-order valence-electron chi connectivity index (χ2n) is 6.47. The van der Waals surface area contributed by atoms with E-state index in [1.54, 1.807) is 13.1 Å². The smallest absolute Gasteiger partial charge is 0.191 e. The summed E-state index contributed by atoms with van der Waals surface area (Å²) in [5.41, 5.74) is 1.81. The van der Waals surface area contributed by atoms with Gasteiger partial charge in [0.25, 0.3) is 0 Å². The summed E-state index contributed by atoms with van der Waals surface area (Å²) < 4.78 is 15.2. The monoisotopic (exact) mass is 350 g/mol. The van der Waals surface area contributed by atoms with Crippen LogP contribution in [0, 0.1) is 5.82 Å². The van der Waals surface area contributed by atoms with Crippen LogP contribution in [0.2, 0.25) is 5.02 Å². The van der Waals surface area contributed by atoms with Gasteiger partial charge in [0.1, 0.15) is 5.82 Å². The first-order chi connectivity index (χ1) is 11.3. The van der Waals surface area contributed by atoms with E-state index in [4.69, 9.17) is 11.6 Å². The predicted octanol–water partition coefficient (Wildman–Crippen LogP) is 3.46. The van der Waals surface area contributed by atoms with Gasteiger partial charge in [0.15, 0.2) is 5.96 Å². The molecule has 130 valence electrons. The molecule has 4 nitrogen and oxygen atoms in total. The molecule has 0 radical (unpaired) electrons. The molecule has 24 heavy (non-hydrogen) atoms. The van der Waals surface area contributed by atoms with Crippen LogP contribution in [-0.4, -0.2) is 24.1 Å². The maximum absolute atomic E-state index is 13.2. The maximum Gasteiger partial charge on any atom is 0.191 e. The molecule has 0 saturated carbocycles. The number of guanidine groups is 1. The summed E-state index contributed by atoms with van der Waals surface area (Å²) in [5.74, 6) is 0.387. The van der Waals surface area contributed by atoms with E-state index in [1.807, 2.05) is 17.8 Å². The average molecular weight is 351 g/mol. The Kier molecular flexibility index (Phi) is 5.89. The van der Waals surface area contributed by atoms with Crippen molar-refractivity contribution in [2.45, 2.75) is 25.8 Å². The van der Waals surface area contributed by atoms with Gasteiger partial charge in [-0.3, -0.25) is 4.99 Å². The van der Waals surface area contributed by atoms with Gasteiger partial charge in [-0.1, -0.05) is 31.5 Å². The second-order valence-corrected chi connectivity index (χ2v) is 6.88. The third-order valence-corrected chi connectivity index (χ3v) is 4.25. The van der Waals surface area contributed by atoms with Crippen LogP contribution in [0.3, 0.4) is 0 Å². The number of rotatable bonds is 5. The van der Waals surface area contributed by atoms with Crippen molar-refractivity contribution in [3.63, 3.8) is 0 Å². The lowest BCUT2D eigenvalue weighted by Crippen LogP contribution is -2.43. The highest BCUT2D eigenvalue weighted by atomic mass is 35.5. The highest BCUT2D eigenvalue weighted by molar-refractivity contribution is 6.31. The van der Waals surface area contributed by atoms with E-state index < -0.39 is 0 Å². The zero-order chi connectivity index (χ0) is 17.7. The van der Waals surface area contributed by atoms with Gasteiger partial charge in [0, 0.05) is 50.0 Å². The fourth-order valence-corrected chi connectivity index (χ4v) is 2.93. The Labute approximate surface area is 147 Å². The molecule has 6 heteroatoms. The van der Waals surface area contributed by atoms with E-state index >= 15 is 0 Å². The molecule has 2 aromatic rings. The Balaban J connectivity index is 1.96. The first kappa shape index (κ1) is 18.3. The molecule has 0 fully saturated rings. The fraction of sp³-hybridized carbons (Fsp3) is 0.389. The molecule has 1 aromatic carbocycles. The largest absolute Gasteiger partial charge is 0.357 e. The number of hydrogen-bond donors (Lipinski definition) is 2. The van der Waals surface area contributed by atoms with Crippen LogP contribution in [0.5, 0.6) is 0 Å². The molecule has 2 N–H and O–H groups in total. The third-order valence-electron chi connectivity index (χ3n) is 3.93. The Morgan fingerprint density at radius 1 is 1.29 bits per heavy atom. The van der Waals surface area contributed by atoms with Crippen LogP contribution in [0.15, 0.2) is 41.7 Å². The van der Waals surface area contributed by atoms with Crippen LogP contribution >= 0.6 is 11.6 Å². The molecule has 0 aliphatic carbocycles. The van der Waals surface area contributed by atoms with Crippen molar-refractivity contribution >= 4 is 17.6 Å². The van der Waals surface area contributed by atoms with E-state index in [1.165, 1.54) is 17.7 Å². The first-order valence-electron chi connectivity index (χ1n) is 7.83. The van der Waals surface area contributed by atoms with E-state index in [0.717, 1.165) is 5.56 Å². The molecule has 0 aliphatic rings. The van der Waals surface area contributed by atoms with Crippen LogP contribution in [-0.2, 0) is 19.0 Å². The summed E-state index contributed by atoms with van der Waals surface area (Å²) in [5, 5.41) is 7.03. The summed E-state index contributed by atoms with van der Waals surface area (Å²) in [6.07, 6.45) is 4.06. The summed E-state index contributed by atoms with van der Waals surface area (Å²) >= 11 is 6.19. The second kappa shape index (κ2) is 7.71. The van der Waals surface area contributed by atoms with Gasteiger partial charge in [-0.05, 0) is 29.3 Å². The minimum Gasteiger partial charge on any atom is -0.357 e. The number of aryl methyl sites for hydroxylation is 1. The van der Waals surface area contributed by atoms with Gasteiger partial charge < -0.3 is 15.2 Å². The molecule has 1 aromatic heterocycles. The molecule has 0 unspecified atom stereocenters. The molecule has 0 amide bonds. The van der Waals surface area contributed by atoms with Gasteiger partial charge in [-0.15, -0.1) is 0 Å². The SMILES string of the molecule is CN=C(NCc1ccn(C)c1)NCC(C)(C)c1ccc(F)cc1Cl. The van der Waals surface area contributed by atoms with Gasteiger partial charge >= 0.3 is 0 Å². The molecule has 2 rings (SSSR count). The van der Waals surface area contributed by atoms with Gasteiger partial charge in [-0.25, -0.2) is 4.39 Å². The Hall–Kier alpha value is -2.01. The topological polar surface area (TPSA) is 41.4 Å². The van der Waals surface area contributed by atoms with E-state index in [9.17, 15) is 4.39 Å². The lowest BCUT2D eigenvalue weighted by atomic mass is 9.84. The Morgan fingerprint density at radius 2 is 2.04 bits per heavy atom. The summed E-state index contributed by atoms with van der Waals surface area (Å²) in [6.45, 7) is 5.43. The van der Waals surface area contributed by atoms with Gasteiger partial charge in [0.2, 0.25) is 0 Å². The predicted molar refractivity (Wildman–Crippen MR) is 98.1 cm³/mol. The molecule has 0 saturated heterocycles. The standard InChI is InChI=1S/C18H24ClFN4/c1-18(2,15-6-5-14(20)9-16(15)19)12-23-17(21-3)22-10-13-7-8-24(4)11-13/h5-9,11H,10,12H2,1-4H3,(H2,21,22,23). The van der Waals surface area contributed by atoms with Gasteiger partial charge in [0.05, 0.1) is 0 Å². The minimum absolute atomic E-state index is 0.269. The summed E-state index contributed by atoms with van der Waals surface area (Å²) in [6, 6.07) is 6.58. The van der Waals surface area contributed by atoms with Crippen molar-refractivity contribution in [1.82, 2.24) is 15.2 Å². The molecule has 0 aliphatic heterocycles. The number of nitrogens with zero attached hydrogens (tertiary/aromatic N) is 2. The average Bonchev–Trinajstić information content (AvgIpc) is 2.92. The zero-order valence-electron chi connectivity index (χ0n) is 14.5. The number of halogens is 2. The molecule has 0 bridgehead atoms. The highest BCUT2D eigenvalue weighted by Crippen LogP contribution is 2.29. The van der Waals surface area contributed by atoms with Crippen molar-refractivity contribution in [3.8, 4) is 0 Å². The molecule has 0 spiro atoms. The maximum atomic E-state index is 13.2. The van der Waals surface area contributed by atoms with E-state index in [2.05, 4.69) is 41.7 Å². The number of nitrogens with one attached hydrogen (secondary N) is 2. The molecular formula is C18H24ClFN4. The lowest BCUT2D eigenvalue weighted by Gasteiger charge is -2.27. The normalized spacial score (nSPS) is 12.3. The molecule has 1 heterocycles. The number of aromatic nitrogens is 1. The van der Waals surface area contributed by atoms with Crippen molar-refractivity contribution in [1.29, 1.82) is 0 Å². The number of benzene rings is 1. The zero-order valence-corrected chi connectivity index (χ0v) is 15.3. The van der Waals surface area contributed by atoms with Crippen molar-refractivity contribution < 1.29 is 4.39 Å². The summed E-state index contributed by atoms with van der Waals surface area (Å²) in [4.78, 5) is 4.24. The fourth-order valence-electron chi connectivity index (χ4n) is 2.51. The van der Waals surface area contributed by atoms with Crippen LogP contribution in [0.4, 0.5) is 4.39 Å². The Morgan fingerprint density at radius 3 is 2.62 bits per heavy atom. The van der Waals surface area contributed by atoms with E-state index in [-0.39, 0.29) is 11.2 Å². The van der Waals surface area contributed by atoms with Crippen LogP contribution in [0.1, 0.15) is 25.0 Å². The van der Waals surface area contributed by atoms with E-state index in [0.29, 0.717) is 24.1 Å². The van der Waals surface area contributed by atoms with Crippen LogP contribution < -0.4 is 10.6 Å². The first-order valence-corrected chi connectivity index (χ1v) is 8.20. The quantitative estimate of drug-likeness (QED) is 0.640. The summed E-state index contributed by atoms with van der Waals surface area (Å²) in [7, 11) is 3.73. The van der Waals surface area contributed by atoms with Crippen LogP contribution in [0.25, 0.3) is 0 Å². The number of hydrogen-bond acceptors (Lipinski definition) is 1. The molecular weight excluding hydrogens is 327 g/mol. The van der Waals surface area contributed by atoms with Crippen molar-refractivity contribution in [2.24, 2.45) is 12.0 Å². The van der Waals surface area contributed by atoms with Gasteiger partial charge in [-0.2, -0.15) is 0 Å². The minimum atomic E-state index is -0.326. The van der Waals surface area contributed by atoms with Crippen molar-refractivity contribution in [3.05, 3.63) is 58.6 Å². The number of aliphatic imine (C=N–C) groups is 1. The molecule has 0 atom stereocenters. The lowest BCUT2D eigenvalue weighted by molar-refractivity contribution is 0.507. The third kappa shape index (κ3) is 4.74. The van der Waals surface area contributed by atoms with Crippen molar-refractivity contribution in [2.75, 3.05) is 13.6 Å².